The van der Waals surface area contributed by atoms with Crippen LogP contribution in [-0.4, -0.2) is 15.9 Å². The number of alkyl halides is 3. The predicted octanol–water partition coefficient (Wildman–Crippen LogP) is 3.12. The Bertz CT molecular complexity index is 609. The molecule has 0 radical (unpaired) electrons. The molecule has 0 aliphatic carbocycles. The van der Waals surface area contributed by atoms with Crippen LogP contribution in [0.3, 0.4) is 0 Å². The average Bonchev–Trinajstić information content (AvgIpc) is 2.77. The van der Waals surface area contributed by atoms with Gasteiger partial charge in [-0.15, -0.1) is 11.3 Å². The molecule has 0 aromatic carbocycles. The Morgan fingerprint density at radius 2 is 2.11 bits per heavy atom. The molecular formula is C11H8F3N3OS. The number of aryl methyl sites for hydroxylation is 1. The number of anilines is 1. The molecule has 0 saturated heterocycles. The molecule has 0 atom stereocenters. The average molecular weight is 287 g/mol. The van der Waals surface area contributed by atoms with Gasteiger partial charge in [-0.2, -0.15) is 13.2 Å². The third-order valence-corrected chi connectivity index (χ3v) is 3.02. The predicted molar refractivity (Wildman–Crippen MR) is 64.0 cm³/mol. The molecular weight excluding hydrogens is 279 g/mol. The van der Waals surface area contributed by atoms with Gasteiger partial charge < -0.3 is 5.32 Å². The zero-order chi connectivity index (χ0) is 14.0. The molecule has 8 heteroatoms. The maximum absolute atomic E-state index is 12.6. The fourth-order valence-corrected chi connectivity index (χ4v) is 2.09. The SMILES string of the molecule is Cc1ccnc(NC(=O)c2scnc2C(F)(F)F)c1. The molecule has 0 unspecified atom stereocenters. The highest BCUT2D eigenvalue weighted by atomic mass is 32.1. The zero-order valence-electron chi connectivity index (χ0n) is 9.65. The second-order valence-electron chi connectivity index (χ2n) is 3.70. The van der Waals surface area contributed by atoms with Gasteiger partial charge in [0, 0.05) is 6.20 Å². The van der Waals surface area contributed by atoms with Crippen LogP contribution >= 0.6 is 11.3 Å². The number of rotatable bonds is 2. The van der Waals surface area contributed by atoms with Gasteiger partial charge in [-0.05, 0) is 24.6 Å². The number of hydrogen-bond donors (Lipinski definition) is 1. The first-order valence-electron chi connectivity index (χ1n) is 5.12. The summed E-state index contributed by atoms with van der Waals surface area (Å²) in [6, 6.07) is 3.27. The maximum Gasteiger partial charge on any atom is 0.434 e. The minimum atomic E-state index is -4.65. The van der Waals surface area contributed by atoms with Gasteiger partial charge in [0.25, 0.3) is 5.91 Å². The number of nitrogens with one attached hydrogen (secondary N) is 1. The minimum absolute atomic E-state index is 0.200. The minimum Gasteiger partial charge on any atom is -0.306 e. The highest BCUT2D eigenvalue weighted by molar-refractivity contribution is 7.12. The van der Waals surface area contributed by atoms with E-state index in [4.69, 9.17) is 0 Å². The van der Waals surface area contributed by atoms with E-state index in [1.807, 2.05) is 0 Å². The van der Waals surface area contributed by atoms with Gasteiger partial charge in [0.15, 0.2) is 5.69 Å². The third kappa shape index (κ3) is 3.08. The lowest BCUT2D eigenvalue weighted by Gasteiger charge is -2.07. The van der Waals surface area contributed by atoms with Crippen LogP contribution < -0.4 is 5.32 Å². The Hall–Kier alpha value is -1.96. The molecule has 0 aliphatic heterocycles. The van der Waals surface area contributed by atoms with Crippen molar-refractivity contribution < 1.29 is 18.0 Å². The first-order chi connectivity index (χ1) is 8.88. The van der Waals surface area contributed by atoms with E-state index in [0.717, 1.165) is 11.1 Å². The van der Waals surface area contributed by atoms with Crippen LogP contribution in [-0.2, 0) is 6.18 Å². The summed E-state index contributed by atoms with van der Waals surface area (Å²) in [4.78, 5) is 18.3. The fraction of sp³-hybridized carbons (Fsp3) is 0.182. The quantitative estimate of drug-likeness (QED) is 0.923. The Kier molecular flexibility index (Phi) is 3.52. The molecule has 2 aromatic heterocycles. The van der Waals surface area contributed by atoms with E-state index in [2.05, 4.69) is 15.3 Å². The number of amides is 1. The lowest BCUT2D eigenvalue weighted by Crippen LogP contribution is -2.17. The molecule has 100 valence electrons. The van der Waals surface area contributed by atoms with Gasteiger partial charge >= 0.3 is 6.18 Å². The van der Waals surface area contributed by atoms with Crippen molar-refractivity contribution in [1.82, 2.24) is 9.97 Å². The van der Waals surface area contributed by atoms with Gasteiger partial charge in [0.05, 0.1) is 5.51 Å². The fourth-order valence-electron chi connectivity index (χ4n) is 1.39. The van der Waals surface area contributed by atoms with Crippen molar-refractivity contribution in [2.75, 3.05) is 5.32 Å². The van der Waals surface area contributed by atoms with Gasteiger partial charge in [0.2, 0.25) is 0 Å². The molecule has 0 bridgehead atoms. The van der Waals surface area contributed by atoms with Crippen LogP contribution in [0.2, 0.25) is 0 Å². The van der Waals surface area contributed by atoms with Gasteiger partial charge in [-0.3, -0.25) is 4.79 Å². The monoisotopic (exact) mass is 287 g/mol. The van der Waals surface area contributed by atoms with E-state index in [1.54, 1.807) is 19.1 Å². The van der Waals surface area contributed by atoms with E-state index >= 15 is 0 Å². The number of aromatic nitrogens is 2. The summed E-state index contributed by atoms with van der Waals surface area (Å²) in [5.41, 5.74) is 0.648. The maximum atomic E-state index is 12.6. The van der Waals surface area contributed by atoms with Crippen molar-refractivity contribution in [3.63, 3.8) is 0 Å². The number of nitrogens with zero attached hydrogens (tertiary/aromatic N) is 2. The molecule has 0 saturated carbocycles. The van der Waals surface area contributed by atoms with Crippen LogP contribution in [0.25, 0.3) is 0 Å². The van der Waals surface area contributed by atoms with Gasteiger partial charge in [-0.1, -0.05) is 0 Å². The Labute approximate surface area is 110 Å². The number of carbonyl (C=O) groups excluding carboxylic acids is 1. The number of thiazole rings is 1. The van der Waals surface area contributed by atoms with Crippen molar-refractivity contribution in [2.45, 2.75) is 13.1 Å². The lowest BCUT2D eigenvalue weighted by atomic mass is 10.3. The van der Waals surface area contributed by atoms with Crippen LogP contribution in [0, 0.1) is 6.92 Å². The van der Waals surface area contributed by atoms with Crippen LogP contribution in [0.5, 0.6) is 0 Å². The highest BCUT2D eigenvalue weighted by Gasteiger charge is 2.38. The second kappa shape index (κ2) is 4.96. The molecule has 0 spiro atoms. The summed E-state index contributed by atoms with van der Waals surface area (Å²) < 4.78 is 37.8. The van der Waals surface area contributed by atoms with Crippen LogP contribution in [0.4, 0.5) is 19.0 Å². The lowest BCUT2D eigenvalue weighted by molar-refractivity contribution is -0.141. The molecule has 1 amide bonds. The summed E-state index contributed by atoms with van der Waals surface area (Å²) in [6.45, 7) is 1.78. The highest BCUT2D eigenvalue weighted by Crippen LogP contribution is 2.32. The molecule has 0 fully saturated rings. The zero-order valence-corrected chi connectivity index (χ0v) is 10.5. The van der Waals surface area contributed by atoms with Gasteiger partial charge in [0.1, 0.15) is 10.7 Å². The van der Waals surface area contributed by atoms with Crippen LogP contribution in [0.1, 0.15) is 20.9 Å². The Morgan fingerprint density at radius 1 is 1.37 bits per heavy atom. The van der Waals surface area contributed by atoms with Crippen molar-refractivity contribution >= 4 is 23.1 Å². The second-order valence-corrected chi connectivity index (χ2v) is 4.56. The summed E-state index contributed by atoms with van der Waals surface area (Å²) in [5, 5.41) is 2.32. The van der Waals surface area contributed by atoms with E-state index in [1.165, 1.54) is 6.20 Å². The first-order valence-corrected chi connectivity index (χ1v) is 6.00. The summed E-state index contributed by atoms with van der Waals surface area (Å²) in [6.07, 6.45) is -3.19. The Balaban J connectivity index is 2.24. The largest absolute Gasteiger partial charge is 0.434 e. The smallest absolute Gasteiger partial charge is 0.306 e. The van der Waals surface area contributed by atoms with Crippen molar-refractivity contribution in [2.24, 2.45) is 0 Å². The molecule has 19 heavy (non-hydrogen) atoms. The first kappa shape index (κ1) is 13.5. The number of carbonyl (C=O) groups is 1. The summed E-state index contributed by atoms with van der Waals surface area (Å²) in [7, 11) is 0. The van der Waals surface area contributed by atoms with Crippen molar-refractivity contribution in [1.29, 1.82) is 0 Å². The third-order valence-electron chi connectivity index (χ3n) is 2.20. The van der Waals surface area contributed by atoms with E-state index in [-0.39, 0.29) is 5.82 Å². The van der Waals surface area contributed by atoms with E-state index in [0.29, 0.717) is 11.3 Å². The van der Waals surface area contributed by atoms with E-state index in [9.17, 15) is 18.0 Å². The molecule has 2 rings (SSSR count). The molecule has 0 aliphatic rings. The summed E-state index contributed by atoms with van der Waals surface area (Å²) in [5.74, 6) is -0.667. The summed E-state index contributed by atoms with van der Waals surface area (Å²) >= 11 is 0.637. The van der Waals surface area contributed by atoms with Gasteiger partial charge in [-0.25, -0.2) is 9.97 Å². The topological polar surface area (TPSA) is 54.9 Å². The van der Waals surface area contributed by atoms with Crippen molar-refractivity contribution in [3.8, 4) is 0 Å². The number of halogens is 3. The number of hydrogen-bond acceptors (Lipinski definition) is 4. The van der Waals surface area contributed by atoms with Crippen molar-refractivity contribution in [3.05, 3.63) is 40.0 Å². The normalized spacial score (nSPS) is 11.4. The Morgan fingerprint density at radius 3 is 2.74 bits per heavy atom. The van der Waals surface area contributed by atoms with Crippen LogP contribution in [0.15, 0.2) is 23.8 Å². The molecule has 2 heterocycles. The van der Waals surface area contributed by atoms with E-state index < -0.39 is 22.7 Å². The molecule has 4 nitrogen and oxygen atoms in total. The molecule has 1 N–H and O–H groups in total. The molecule has 2 aromatic rings. The number of pyridine rings is 1. The standard InChI is InChI=1S/C11H8F3N3OS/c1-6-2-3-15-7(4-6)17-10(18)8-9(11(12,13)14)16-5-19-8/h2-5H,1H3,(H,15,17,18).